The highest BCUT2D eigenvalue weighted by atomic mass is 16.2. The Balaban J connectivity index is 2.41. The van der Waals surface area contributed by atoms with Crippen molar-refractivity contribution < 1.29 is 9.59 Å². The van der Waals surface area contributed by atoms with E-state index in [1.807, 2.05) is 12.1 Å². The minimum atomic E-state index is -0.176. The molecule has 6 nitrogen and oxygen atoms in total. The quantitative estimate of drug-likeness (QED) is 0.150. The smallest absolute Gasteiger partial charge is 0.252 e. The molecular formula is C32H58N4O2. The van der Waals surface area contributed by atoms with E-state index in [1.54, 1.807) is 12.1 Å². The van der Waals surface area contributed by atoms with Gasteiger partial charge in [0.05, 0.1) is 11.1 Å². The van der Waals surface area contributed by atoms with Gasteiger partial charge in [0.1, 0.15) is 0 Å². The van der Waals surface area contributed by atoms with Crippen LogP contribution in [0.2, 0.25) is 0 Å². The highest BCUT2D eigenvalue weighted by Crippen LogP contribution is 2.10. The van der Waals surface area contributed by atoms with Gasteiger partial charge >= 0.3 is 0 Å². The minimum absolute atomic E-state index is 0.176. The number of carbonyl (C=O) groups excluding carboxylic acids is 2. The van der Waals surface area contributed by atoms with Crippen molar-refractivity contribution in [2.45, 2.75) is 105 Å². The van der Waals surface area contributed by atoms with Gasteiger partial charge in [0.25, 0.3) is 11.8 Å². The Bertz CT molecular complexity index is 679. The van der Waals surface area contributed by atoms with Crippen molar-refractivity contribution in [1.82, 2.24) is 20.4 Å². The Morgan fingerprint density at radius 2 is 0.921 bits per heavy atom. The van der Waals surface area contributed by atoms with Gasteiger partial charge in [-0.25, -0.2) is 0 Å². The Morgan fingerprint density at radius 3 is 1.29 bits per heavy atom. The fourth-order valence-corrected chi connectivity index (χ4v) is 4.81. The van der Waals surface area contributed by atoms with Crippen molar-refractivity contribution in [3.05, 3.63) is 35.4 Å². The van der Waals surface area contributed by atoms with Crippen molar-refractivity contribution in [2.24, 2.45) is 0 Å². The van der Waals surface area contributed by atoms with Crippen LogP contribution in [0.3, 0.4) is 0 Å². The van der Waals surface area contributed by atoms with Gasteiger partial charge in [0.2, 0.25) is 0 Å². The van der Waals surface area contributed by atoms with Crippen molar-refractivity contribution >= 4 is 11.8 Å². The van der Waals surface area contributed by atoms with Crippen LogP contribution in [0.4, 0.5) is 0 Å². The molecule has 2 N–H and O–H groups in total. The monoisotopic (exact) mass is 530 g/mol. The van der Waals surface area contributed by atoms with Crippen LogP contribution in [0.25, 0.3) is 0 Å². The first-order chi connectivity index (χ1) is 18.6. The maximum atomic E-state index is 12.9. The lowest BCUT2D eigenvalue weighted by Crippen LogP contribution is -2.37. The third kappa shape index (κ3) is 15.5. The molecule has 0 aliphatic rings. The van der Waals surface area contributed by atoms with Crippen LogP contribution in [0.15, 0.2) is 24.3 Å². The first-order valence-corrected chi connectivity index (χ1v) is 15.7. The summed E-state index contributed by atoms with van der Waals surface area (Å²) in [5.41, 5.74) is 0.895. The van der Waals surface area contributed by atoms with Crippen LogP contribution in [0.1, 0.15) is 125 Å². The van der Waals surface area contributed by atoms with E-state index in [0.717, 1.165) is 39.3 Å². The maximum absolute atomic E-state index is 12.9. The zero-order chi connectivity index (χ0) is 27.8. The summed E-state index contributed by atoms with van der Waals surface area (Å²) in [5.74, 6) is -0.353. The average Bonchev–Trinajstić information content (AvgIpc) is 2.94. The third-order valence-electron chi connectivity index (χ3n) is 7.39. The molecule has 0 heterocycles. The molecule has 1 aromatic rings. The normalized spacial score (nSPS) is 11.3. The number of likely N-dealkylation sites (N-methyl/N-ethyl adjacent to an activating group) is 2. The summed E-state index contributed by atoms with van der Waals surface area (Å²) in [6.45, 7) is 15.8. The van der Waals surface area contributed by atoms with Crippen LogP contribution in [0.5, 0.6) is 0 Å². The number of amides is 2. The van der Waals surface area contributed by atoms with Crippen LogP contribution in [-0.4, -0.2) is 74.0 Å². The topological polar surface area (TPSA) is 64.7 Å². The molecule has 0 aromatic heterocycles. The number of unbranched alkanes of at least 4 members (excludes halogenated alkanes) is 10. The number of benzene rings is 1. The highest BCUT2D eigenvalue weighted by Gasteiger charge is 2.16. The molecule has 0 unspecified atom stereocenters. The van der Waals surface area contributed by atoms with E-state index in [0.29, 0.717) is 24.2 Å². The number of hydrogen-bond donors (Lipinski definition) is 2. The molecule has 0 bridgehead atoms. The number of nitrogens with zero attached hydrogens (tertiary/aromatic N) is 2. The molecule has 0 saturated heterocycles. The van der Waals surface area contributed by atoms with Crippen LogP contribution < -0.4 is 10.6 Å². The summed E-state index contributed by atoms with van der Waals surface area (Å²) in [5, 5.41) is 6.07. The van der Waals surface area contributed by atoms with Gasteiger partial charge in [-0.3, -0.25) is 9.59 Å². The second kappa shape index (κ2) is 23.0. The van der Waals surface area contributed by atoms with Crippen molar-refractivity contribution in [3.8, 4) is 0 Å². The lowest BCUT2D eigenvalue weighted by Gasteiger charge is -2.21. The Hall–Kier alpha value is -1.92. The van der Waals surface area contributed by atoms with E-state index in [-0.39, 0.29) is 11.8 Å². The molecule has 0 spiro atoms. The van der Waals surface area contributed by atoms with Gasteiger partial charge in [-0.2, -0.15) is 0 Å². The van der Waals surface area contributed by atoms with E-state index in [4.69, 9.17) is 0 Å². The van der Waals surface area contributed by atoms with Crippen LogP contribution in [-0.2, 0) is 0 Å². The number of rotatable bonds is 24. The lowest BCUT2D eigenvalue weighted by atomic mass is 10.1. The molecule has 0 aliphatic carbocycles. The standard InChI is InChI=1S/C32H58N4O2/c1-5-9-11-13-15-19-25-35(7-3)27-23-33-31(37)29-21-17-18-22-30(29)32(38)34-24-28-36(8-4)26-20-16-14-12-10-6-2/h17-18,21-22H,5-16,19-20,23-28H2,1-4H3,(H,33,37)(H,34,38). The molecule has 0 atom stereocenters. The van der Waals surface area contributed by atoms with Crippen LogP contribution >= 0.6 is 0 Å². The van der Waals surface area contributed by atoms with Gasteiger partial charge in [0.15, 0.2) is 0 Å². The minimum Gasteiger partial charge on any atom is -0.351 e. The predicted molar refractivity (Wildman–Crippen MR) is 162 cm³/mol. The van der Waals surface area contributed by atoms with E-state index in [9.17, 15) is 9.59 Å². The summed E-state index contributed by atoms with van der Waals surface area (Å²) in [7, 11) is 0. The van der Waals surface area contributed by atoms with E-state index >= 15 is 0 Å². The molecule has 1 rings (SSSR count). The summed E-state index contributed by atoms with van der Waals surface area (Å²) in [4.78, 5) is 30.6. The summed E-state index contributed by atoms with van der Waals surface area (Å²) < 4.78 is 0. The van der Waals surface area contributed by atoms with Gasteiger partial charge in [-0.05, 0) is 51.2 Å². The van der Waals surface area contributed by atoms with Gasteiger partial charge in [0, 0.05) is 26.2 Å². The molecule has 1 aromatic carbocycles. The Kier molecular flexibility index (Phi) is 20.7. The second-order valence-corrected chi connectivity index (χ2v) is 10.5. The number of carbonyl (C=O) groups is 2. The first-order valence-electron chi connectivity index (χ1n) is 15.7. The van der Waals surface area contributed by atoms with Crippen molar-refractivity contribution in [1.29, 1.82) is 0 Å². The SMILES string of the molecule is CCCCCCCCN(CC)CCNC(=O)c1ccccc1C(=O)NCCN(CC)CCCCCCCC. The predicted octanol–water partition coefficient (Wildman–Crippen LogP) is 6.51. The number of hydrogen-bond acceptors (Lipinski definition) is 4. The molecule has 0 fully saturated rings. The fourth-order valence-electron chi connectivity index (χ4n) is 4.81. The zero-order valence-corrected chi connectivity index (χ0v) is 25.2. The van der Waals surface area contributed by atoms with Gasteiger partial charge in [-0.1, -0.05) is 104 Å². The maximum Gasteiger partial charge on any atom is 0.252 e. The molecular weight excluding hydrogens is 472 g/mol. The largest absolute Gasteiger partial charge is 0.351 e. The third-order valence-corrected chi connectivity index (χ3v) is 7.39. The second-order valence-electron chi connectivity index (χ2n) is 10.5. The summed E-state index contributed by atoms with van der Waals surface area (Å²) in [6, 6.07) is 7.13. The lowest BCUT2D eigenvalue weighted by molar-refractivity contribution is 0.0914. The van der Waals surface area contributed by atoms with Gasteiger partial charge < -0.3 is 20.4 Å². The molecule has 38 heavy (non-hydrogen) atoms. The number of nitrogens with one attached hydrogen (secondary N) is 2. The molecule has 0 saturated carbocycles. The molecule has 0 aliphatic heterocycles. The molecule has 0 radical (unpaired) electrons. The summed E-state index contributed by atoms with van der Waals surface area (Å²) >= 11 is 0. The fraction of sp³-hybridized carbons (Fsp3) is 0.750. The van der Waals surface area contributed by atoms with E-state index < -0.39 is 0 Å². The Morgan fingerprint density at radius 1 is 0.553 bits per heavy atom. The zero-order valence-electron chi connectivity index (χ0n) is 25.2. The van der Waals surface area contributed by atoms with Crippen molar-refractivity contribution in [3.63, 3.8) is 0 Å². The highest BCUT2D eigenvalue weighted by molar-refractivity contribution is 6.07. The van der Waals surface area contributed by atoms with Gasteiger partial charge in [-0.15, -0.1) is 0 Å². The van der Waals surface area contributed by atoms with Crippen LogP contribution in [0, 0.1) is 0 Å². The molecule has 2 amide bonds. The summed E-state index contributed by atoms with van der Waals surface area (Å²) in [6.07, 6.45) is 15.5. The van der Waals surface area contributed by atoms with E-state index in [2.05, 4.69) is 48.1 Å². The first kappa shape index (κ1) is 34.1. The Labute approximate surface area is 234 Å². The van der Waals surface area contributed by atoms with Crippen molar-refractivity contribution in [2.75, 3.05) is 52.4 Å². The average molecular weight is 531 g/mol. The van der Waals surface area contributed by atoms with E-state index in [1.165, 1.54) is 77.0 Å². The molecule has 6 heteroatoms. The molecule has 218 valence electrons.